The molecule has 0 spiro atoms. The summed E-state index contributed by atoms with van der Waals surface area (Å²) in [5, 5.41) is 11.6. The summed E-state index contributed by atoms with van der Waals surface area (Å²) >= 11 is 8.34. The van der Waals surface area contributed by atoms with E-state index >= 15 is 0 Å². The Bertz CT molecular complexity index is 1860. The molecule has 7 nitrogen and oxygen atoms in total. The molecule has 0 N–H and O–H groups in total. The van der Waals surface area contributed by atoms with E-state index < -0.39 is 11.0 Å². The van der Waals surface area contributed by atoms with Crippen LogP contribution in [-0.2, 0) is 6.42 Å². The Labute approximate surface area is 237 Å². The van der Waals surface area contributed by atoms with Gasteiger partial charge < -0.3 is 4.74 Å². The van der Waals surface area contributed by atoms with Gasteiger partial charge in [0.15, 0.2) is 4.80 Å². The second-order valence-corrected chi connectivity index (χ2v) is 11.8. The van der Waals surface area contributed by atoms with Crippen molar-refractivity contribution in [2.75, 3.05) is 7.11 Å². The van der Waals surface area contributed by atoms with Crippen molar-refractivity contribution < 1.29 is 9.66 Å². The molecule has 0 fully saturated rings. The van der Waals surface area contributed by atoms with Crippen LogP contribution in [0.3, 0.4) is 0 Å². The first-order chi connectivity index (χ1) is 18.4. The van der Waals surface area contributed by atoms with Crippen LogP contribution in [0.15, 0.2) is 85.0 Å². The summed E-state index contributed by atoms with van der Waals surface area (Å²) in [6, 6.07) is 18.0. The van der Waals surface area contributed by atoms with E-state index in [4.69, 9.17) is 9.73 Å². The second-order valence-electron chi connectivity index (χ2n) is 8.98. The average Bonchev–Trinajstić information content (AvgIpc) is 3.21. The Morgan fingerprint density at radius 2 is 1.95 bits per heavy atom. The third-order valence-electron chi connectivity index (χ3n) is 6.80. The molecule has 4 aromatic rings. The van der Waals surface area contributed by atoms with Gasteiger partial charge >= 0.3 is 0 Å². The molecule has 1 unspecified atom stereocenters. The molecule has 38 heavy (non-hydrogen) atoms. The van der Waals surface area contributed by atoms with Crippen molar-refractivity contribution in [2.45, 2.75) is 18.9 Å². The van der Waals surface area contributed by atoms with Crippen LogP contribution in [0, 0.1) is 10.1 Å². The largest absolute Gasteiger partial charge is 0.495 e. The predicted molar refractivity (Wildman–Crippen MR) is 154 cm³/mol. The van der Waals surface area contributed by atoms with Crippen LogP contribution in [0.5, 0.6) is 5.75 Å². The van der Waals surface area contributed by atoms with Gasteiger partial charge in [0.1, 0.15) is 5.75 Å². The Hall–Kier alpha value is -3.34. The summed E-state index contributed by atoms with van der Waals surface area (Å²) in [6.07, 6.45) is 3.32. The molecular weight excluding hydrogens is 634 g/mol. The van der Waals surface area contributed by atoms with Crippen LogP contribution in [0.2, 0.25) is 0 Å². The molecule has 1 aliphatic carbocycles. The monoisotopic (exact) mass is 651 g/mol. The quantitative estimate of drug-likeness (QED) is 0.207. The molecule has 0 amide bonds. The van der Waals surface area contributed by atoms with Gasteiger partial charge in [0, 0.05) is 27.7 Å². The lowest BCUT2D eigenvalue weighted by Crippen LogP contribution is -2.38. The van der Waals surface area contributed by atoms with E-state index in [0.29, 0.717) is 27.1 Å². The molecular formula is C28H19Br2N3O4S. The van der Waals surface area contributed by atoms with Gasteiger partial charge in [0.2, 0.25) is 0 Å². The summed E-state index contributed by atoms with van der Waals surface area (Å²) in [6.45, 7) is 0. The number of hydrogen-bond donors (Lipinski definition) is 0. The van der Waals surface area contributed by atoms with Gasteiger partial charge in [-0.25, -0.2) is 4.99 Å². The maximum atomic E-state index is 14.0. The van der Waals surface area contributed by atoms with Crippen LogP contribution in [0.25, 0.3) is 11.8 Å². The van der Waals surface area contributed by atoms with Crippen molar-refractivity contribution in [3.63, 3.8) is 0 Å². The van der Waals surface area contributed by atoms with E-state index in [1.54, 1.807) is 29.9 Å². The molecule has 0 bridgehead atoms. The zero-order chi connectivity index (χ0) is 26.6. The normalized spacial score (nSPS) is 16.4. The number of hydrogen-bond acceptors (Lipinski definition) is 6. The molecule has 2 aliphatic rings. The SMILES string of the molecule is COc1c(Br)cc(Br)cc1C=c1sc2n(c1=O)C(c1cccc([N+](=O)[O-])c1)C1=C(N=2)c2ccccc2CC1. The Morgan fingerprint density at radius 3 is 2.74 bits per heavy atom. The van der Waals surface area contributed by atoms with Gasteiger partial charge in [-0.05, 0) is 63.7 Å². The number of methoxy groups -OCH3 is 1. The fraction of sp³-hybridized carbons (Fsp3) is 0.143. The molecule has 1 aliphatic heterocycles. The van der Waals surface area contributed by atoms with E-state index in [1.807, 2.05) is 30.3 Å². The number of allylic oxidation sites excluding steroid dienone is 1. The smallest absolute Gasteiger partial charge is 0.271 e. The third kappa shape index (κ3) is 4.16. The standard InChI is InChI=1S/C28H19Br2N3O4S/c1-37-26-17(11-18(29)14-22(26)30)13-23-27(34)32-25(16-6-4-7-19(12-16)33(35)36)21-10-9-15-5-2-3-8-20(15)24(21)31-28(32)38-23/h2-8,11-14,25H,9-10H2,1H3. The minimum Gasteiger partial charge on any atom is -0.495 e. The highest BCUT2D eigenvalue weighted by Gasteiger charge is 2.33. The second kappa shape index (κ2) is 9.76. The van der Waals surface area contributed by atoms with Crippen LogP contribution in [0.1, 0.15) is 34.7 Å². The van der Waals surface area contributed by atoms with Crippen molar-refractivity contribution in [1.82, 2.24) is 4.57 Å². The zero-order valence-electron chi connectivity index (χ0n) is 20.0. The minimum absolute atomic E-state index is 0.0105. The summed E-state index contributed by atoms with van der Waals surface area (Å²) in [5.41, 5.74) is 5.30. The molecule has 3 aromatic carbocycles. The number of nitro groups is 1. The fourth-order valence-electron chi connectivity index (χ4n) is 5.17. The number of rotatable bonds is 4. The number of non-ortho nitro benzene ring substituents is 1. The van der Waals surface area contributed by atoms with Crippen molar-refractivity contribution in [2.24, 2.45) is 4.99 Å². The van der Waals surface area contributed by atoms with Gasteiger partial charge in [-0.2, -0.15) is 0 Å². The number of halogens is 2. The number of ether oxygens (including phenoxy) is 1. The van der Waals surface area contributed by atoms with Gasteiger partial charge in [-0.1, -0.05) is 63.7 Å². The van der Waals surface area contributed by atoms with E-state index in [0.717, 1.165) is 37.8 Å². The maximum absolute atomic E-state index is 14.0. The molecule has 1 aromatic heterocycles. The van der Waals surface area contributed by atoms with Gasteiger partial charge in [-0.3, -0.25) is 19.5 Å². The Morgan fingerprint density at radius 1 is 1.13 bits per heavy atom. The third-order valence-corrected chi connectivity index (χ3v) is 8.83. The number of nitro benzene ring substituents is 1. The minimum atomic E-state index is -0.493. The lowest BCUT2D eigenvalue weighted by molar-refractivity contribution is -0.384. The highest BCUT2D eigenvalue weighted by molar-refractivity contribution is 9.11. The number of thiazole rings is 1. The topological polar surface area (TPSA) is 86.7 Å². The first-order valence-electron chi connectivity index (χ1n) is 11.8. The number of nitrogens with zero attached hydrogens (tertiary/aromatic N) is 3. The summed E-state index contributed by atoms with van der Waals surface area (Å²) in [7, 11) is 1.58. The molecule has 190 valence electrons. The van der Waals surface area contributed by atoms with Crippen LogP contribution >= 0.6 is 43.2 Å². The van der Waals surface area contributed by atoms with Crippen LogP contribution in [-0.4, -0.2) is 16.6 Å². The number of aryl methyl sites for hydroxylation is 1. The molecule has 0 saturated carbocycles. The van der Waals surface area contributed by atoms with Crippen LogP contribution < -0.4 is 19.6 Å². The summed E-state index contributed by atoms with van der Waals surface area (Å²) in [5.74, 6) is 0.613. The van der Waals surface area contributed by atoms with Crippen LogP contribution in [0.4, 0.5) is 5.69 Å². The van der Waals surface area contributed by atoms with E-state index in [-0.39, 0.29) is 11.2 Å². The zero-order valence-corrected chi connectivity index (χ0v) is 24.0. The molecule has 0 saturated heterocycles. The summed E-state index contributed by atoms with van der Waals surface area (Å²) < 4.78 is 9.37. The molecule has 10 heteroatoms. The first-order valence-corrected chi connectivity index (χ1v) is 14.2. The van der Waals surface area contributed by atoms with E-state index in [9.17, 15) is 14.9 Å². The maximum Gasteiger partial charge on any atom is 0.271 e. The first kappa shape index (κ1) is 25.0. The molecule has 6 rings (SSSR count). The van der Waals surface area contributed by atoms with Crippen molar-refractivity contribution >= 4 is 60.7 Å². The Balaban J connectivity index is 1.64. The van der Waals surface area contributed by atoms with E-state index in [2.05, 4.69) is 44.0 Å². The van der Waals surface area contributed by atoms with Crippen molar-refractivity contribution in [1.29, 1.82) is 0 Å². The average molecular weight is 653 g/mol. The lowest BCUT2D eigenvalue weighted by Gasteiger charge is -2.30. The predicted octanol–water partition coefficient (Wildman–Crippen LogP) is 5.76. The highest BCUT2D eigenvalue weighted by Crippen LogP contribution is 2.41. The van der Waals surface area contributed by atoms with Crippen molar-refractivity contribution in [3.05, 3.63) is 127 Å². The fourth-order valence-corrected chi connectivity index (χ4v) is 7.59. The number of aromatic nitrogens is 1. The Kier molecular flexibility index (Phi) is 6.41. The lowest BCUT2D eigenvalue weighted by atomic mass is 9.83. The van der Waals surface area contributed by atoms with Crippen molar-refractivity contribution in [3.8, 4) is 5.75 Å². The summed E-state index contributed by atoms with van der Waals surface area (Å²) in [4.78, 5) is 30.7. The number of benzene rings is 3. The van der Waals surface area contributed by atoms with Gasteiger partial charge in [0.05, 0.1) is 32.8 Å². The molecule has 1 atom stereocenters. The molecule has 0 radical (unpaired) electrons. The molecule has 2 heterocycles. The van der Waals surface area contributed by atoms with E-state index in [1.165, 1.54) is 23.0 Å². The number of fused-ring (bicyclic) bond motifs is 3. The van der Waals surface area contributed by atoms with Gasteiger partial charge in [-0.15, -0.1) is 0 Å². The van der Waals surface area contributed by atoms with Gasteiger partial charge in [0.25, 0.3) is 11.2 Å². The highest BCUT2D eigenvalue weighted by atomic mass is 79.9.